The Morgan fingerprint density at radius 1 is 1.42 bits per heavy atom. The van der Waals surface area contributed by atoms with E-state index >= 15 is 0 Å². The fourth-order valence-electron chi connectivity index (χ4n) is 2.68. The van der Waals surface area contributed by atoms with Gasteiger partial charge in [0.2, 0.25) is 0 Å². The van der Waals surface area contributed by atoms with Crippen LogP contribution in [0.1, 0.15) is 18.9 Å². The maximum Gasteiger partial charge on any atom is 0.321 e. The summed E-state index contributed by atoms with van der Waals surface area (Å²) >= 11 is 0. The molecular weight excluding hydrogens is 238 g/mol. The van der Waals surface area contributed by atoms with Crippen molar-refractivity contribution < 1.29 is 4.79 Å². The molecule has 2 N–H and O–H groups in total. The molecule has 19 heavy (non-hydrogen) atoms. The Morgan fingerprint density at radius 3 is 2.84 bits per heavy atom. The number of carbonyl (C=O) groups is 1. The molecule has 1 aliphatic heterocycles. The van der Waals surface area contributed by atoms with Gasteiger partial charge in [0.15, 0.2) is 0 Å². The van der Waals surface area contributed by atoms with Crippen LogP contribution in [0.25, 0.3) is 0 Å². The van der Waals surface area contributed by atoms with Crippen molar-refractivity contribution in [2.24, 2.45) is 5.92 Å². The minimum absolute atomic E-state index is 0.00648. The Hall–Kier alpha value is -1.55. The summed E-state index contributed by atoms with van der Waals surface area (Å²) in [6, 6.07) is 8.42. The fraction of sp³-hybridized carbons (Fsp3) is 0.533. The zero-order chi connectivity index (χ0) is 13.8. The fourth-order valence-corrected chi connectivity index (χ4v) is 2.68. The van der Waals surface area contributed by atoms with Gasteiger partial charge in [-0.2, -0.15) is 0 Å². The molecule has 1 heterocycles. The second-order valence-corrected chi connectivity index (χ2v) is 5.41. The average molecular weight is 261 g/mol. The lowest BCUT2D eigenvalue weighted by molar-refractivity contribution is 0.163. The molecule has 2 unspecified atom stereocenters. The molecular formula is C15H23N3O. The van der Waals surface area contributed by atoms with Crippen LogP contribution in [0.4, 0.5) is 10.5 Å². The second-order valence-electron chi connectivity index (χ2n) is 5.41. The first-order chi connectivity index (χ1) is 9.10. The third kappa shape index (κ3) is 3.47. The summed E-state index contributed by atoms with van der Waals surface area (Å²) in [5, 5.41) is 6.28. The van der Waals surface area contributed by atoms with E-state index in [9.17, 15) is 4.79 Å². The molecule has 2 rings (SSSR count). The molecule has 1 fully saturated rings. The number of hydrogen-bond acceptors (Lipinski definition) is 2. The molecule has 1 aliphatic rings. The summed E-state index contributed by atoms with van der Waals surface area (Å²) < 4.78 is 0. The van der Waals surface area contributed by atoms with Gasteiger partial charge in [-0.25, -0.2) is 4.79 Å². The summed E-state index contributed by atoms with van der Waals surface area (Å²) in [4.78, 5) is 14.1. The summed E-state index contributed by atoms with van der Waals surface area (Å²) in [6.07, 6.45) is 1.01. The zero-order valence-corrected chi connectivity index (χ0v) is 11.9. The highest BCUT2D eigenvalue weighted by molar-refractivity contribution is 5.89. The molecule has 4 heteroatoms. The highest BCUT2D eigenvalue weighted by Gasteiger charge is 2.27. The van der Waals surface area contributed by atoms with Crippen LogP contribution in [0.2, 0.25) is 0 Å². The molecule has 1 aromatic rings. The smallest absolute Gasteiger partial charge is 0.321 e. The Balaban J connectivity index is 1.94. The SMILES string of the molecule is CNC1CCN(C(=O)Nc2cccc(C)c2)CC1C. The number of piperidine rings is 1. The van der Waals surface area contributed by atoms with E-state index in [0.29, 0.717) is 12.0 Å². The molecule has 0 bridgehead atoms. The van der Waals surface area contributed by atoms with E-state index < -0.39 is 0 Å². The molecule has 1 aromatic carbocycles. The van der Waals surface area contributed by atoms with Crippen molar-refractivity contribution in [1.29, 1.82) is 0 Å². The topological polar surface area (TPSA) is 44.4 Å². The van der Waals surface area contributed by atoms with Gasteiger partial charge in [0.25, 0.3) is 0 Å². The maximum absolute atomic E-state index is 12.2. The number of nitrogens with one attached hydrogen (secondary N) is 2. The molecule has 104 valence electrons. The van der Waals surface area contributed by atoms with E-state index in [2.05, 4.69) is 17.6 Å². The van der Waals surface area contributed by atoms with Crippen molar-refractivity contribution in [2.75, 3.05) is 25.5 Å². The number of likely N-dealkylation sites (tertiary alicyclic amines) is 1. The molecule has 0 spiro atoms. The third-order valence-corrected chi connectivity index (χ3v) is 3.83. The first kappa shape index (κ1) is 13.9. The summed E-state index contributed by atoms with van der Waals surface area (Å²) in [5.74, 6) is 0.488. The van der Waals surface area contributed by atoms with Crippen molar-refractivity contribution in [2.45, 2.75) is 26.3 Å². The summed E-state index contributed by atoms with van der Waals surface area (Å²) in [5.41, 5.74) is 2.02. The van der Waals surface area contributed by atoms with Crippen molar-refractivity contribution in [3.63, 3.8) is 0 Å². The molecule has 2 amide bonds. The lowest BCUT2D eigenvalue weighted by atomic mass is 9.94. The van der Waals surface area contributed by atoms with Crippen molar-refractivity contribution in [3.8, 4) is 0 Å². The number of carbonyl (C=O) groups excluding carboxylic acids is 1. The Bertz CT molecular complexity index is 447. The maximum atomic E-state index is 12.2. The van der Waals surface area contributed by atoms with Gasteiger partial charge in [0, 0.05) is 24.8 Å². The number of aryl methyl sites for hydroxylation is 1. The third-order valence-electron chi connectivity index (χ3n) is 3.83. The Kier molecular flexibility index (Phi) is 4.43. The van der Waals surface area contributed by atoms with Crippen LogP contribution in [0.3, 0.4) is 0 Å². The summed E-state index contributed by atoms with van der Waals surface area (Å²) in [7, 11) is 1.99. The van der Waals surface area contributed by atoms with Crippen LogP contribution < -0.4 is 10.6 Å². The number of benzene rings is 1. The Morgan fingerprint density at radius 2 is 2.21 bits per heavy atom. The van der Waals surface area contributed by atoms with Gasteiger partial charge >= 0.3 is 6.03 Å². The molecule has 0 aromatic heterocycles. The van der Waals surface area contributed by atoms with Crippen LogP contribution in [0, 0.1) is 12.8 Å². The van der Waals surface area contributed by atoms with Crippen molar-refractivity contribution in [3.05, 3.63) is 29.8 Å². The van der Waals surface area contributed by atoms with E-state index in [1.54, 1.807) is 0 Å². The quantitative estimate of drug-likeness (QED) is 0.859. The lowest BCUT2D eigenvalue weighted by Crippen LogP contribution is -2.50. The monoisotopic (exact) mass is 261 g/mol. The van der Waals surface area contributed by atoms with Crippen LogP contribution in [0.5, 0.6) is 0 Å². The molecule has 0 saturated carbocycles. The van der Waals surface area contributed by atoms with E-state index in [0.717, 1.165) is 30.8 Å². The zero-order valence-electron chi connectivity index (χ0n) is 11.9. The Labute approximate surface area is 115 Å². The van der Waals surface area contributed by atoms with Gasteiger partial charge in [0.1, 0.15) is 0 Å². The van der Waals surface area contributed by atoms with Gasteiger partial charge in [0.05, 0.1) is 0 Å². The van der Waals surface area contributed by atoms with Crippen molar-refractivity contribution in [1.82, 2.24) is 10.2 Å². The van der Waals surface area contributed by atoms with Crippen LogP contribution >= 0.6 is 0 Å². The van der Waals surface area contributed by atoms with Gasteiger partial charge in [-0.3, -0.25) is 0 Å². The van der Waals surface area contributed by atoms with Gasteiger partial charge < -0.3 is 15.5 Å². The van der Waals surface area contributed by atoms with Gasteiger partial charge in [-0.1, -0.05) is 19.1 Å². The number of amides is 2. The molecule has 0 aliphatic carbocycles. The highest BCUT2D eigenvalue weighted by atomic mass is 16.2. The van der Waals surface area contributed by atoms with Crippen molar-refractivity contribution >= 4 is 11.7 Å². The molecule has 1 saturated heterocycles. The summed E-state index contributed by atoms with van der Waals surface area (Å²) in [6.45, 7) is 5.83. The van der Waals surface area contributed by atoms with Gasteiger partial charge in [-0.15, -0.1) is 0 Å². The van der Waals surface area contributed by atoms with Crippen LogP contribution in [0.15, 0.2) is 24.3 Å². The van der Waals surface area contributed by atoms with E-state index in [-0.39, 0.29) is 6.03 Å². The van der Waals surface area contributed by atoms with E-state index in [4.69, 9.17) is 0 Å². The first-order valence-electron chi connectivity index (χ1n) is 6.90. The first-order valence-corrected chi connectivity index (χ1v) is 6.90. The minimum Gasteiger partial charge on any atom is -0.324 e. The number of anilines is 1. The molecule has 4 nitrogen and oxygen atoms in total. The predicted octanol–water partition coefficient (Wildman–Crippen LogP) is 2.46. The predicted molar refractivity (Wildman–Crippen MR) is 78.4 cm³/mol. The van der Waals surface area contributed by atoms with Gasteiger partial charge in [-0.05, 0) is 44.0 Å². The lowest BCUT2D eigenvalue weighted by Gasteiger charge is -2.36. The standard InChI is InChI=1S/C15H23N3O/c1-11-5-4-6-13(9-11)17-15(19)18-8-7-14(16-3)12(2)10-18/h4-6,9,12,14,16H,7-8,10H2,1-3H3,(H,17,19). The van der Waals surface area contributed by atoms with E-state index in [1.807, 2.05) is 43.1 Å². The molecule has 2 atom stereocenters. The average Bonchev–Trinajstić information content (AvgIpc) is 2.38. The largest absolute Gasteiger partial charge is 0.324 e. The number of rotatable bonds is 2. The number of hydrogen-bond donors (Lipinski definition) is 2. The normalized spacial score (nSPS) is 23.2. The minimum atomic E-state index is 0.00648. The number of urea groups is 1. The van der Waals surface area contributed by atoms with Crippen LogP contribution in [-0.2, 0) is 0 Å². The highest BCUT2D eigenvalue weighted by Crippen LogP contribution is 2.18. The van der Waals surface area contributed by atoms with E-state index in [1.165, 1.54) is 0 Å². The number of nitrogens with zero attached hydrogens (tertiary/aromatic N) is 1. The van der Waals surface area contributed by atoms with Crippen LogP contribution in [-0.4, -0.2) is 37.1 Å². The molecule has 0 radical (unpaired) electrons. The second kappa shape index (κ2) is 6.06.